The largest absolute Gasteiger partial charge is 0.496 e. The molecule has 0 spiro atoms. The van der Waals surface area contributed by atoms with Crippen LogP contribution in [0.4, 0.5) is 0 Å². The van der Waals surface area contributed by atoms with E-state index in [0.29, 0.717) is 28.2 Å². The van der Waals surface area contributed by atoms with Crippen LogP contribution in [0.25, 0.3) is 11.0 Å². The lowest BCUT2D eigenvalue weighted by atomic mass is 10.1. The van der Waals surface area contributed by atoms with Crippen LogP contribution in [0.5, 0.6) is 11.5 Å². The summed E-state index contributed by atoms with van der Waals surface area (Å²) in [6.07, 6.45) is 0. The first-order chi connectivity index (χ1) is 8.08. The lowest BCUT2D eigenvalue weighted by molar-refractivity contribution is 0.390. The first-order valence-corrected chi connectivity index (χ1v) is 5.24. The molecular weight excluding hydrogens is 220 g/mol. The number of ether oxygens (including phenoxy) is 2. The van der Waals surface area contributed by atoms with Crippen LogP contribution in [0, 0.1) is 13.8 Å². The molecule has 0 unspecified atom stereocenters. The Morgan fingerprint density at radius 3 is 2.41 bits per heavy atom. The van der Waals surface area contributed by atoms with E-state index in [2.05, 4.69) is 0 Å². The maximum absolute atomic E-state index is 12.0. The summed E-state index contributed by atoms with van der Waals surface area (Å²) in [5, 5.41) is 0.455. The molecule has 4 nitrogen and oxygen atoms in total. The molecular formula is C13H14O4. The van der Waals surface area contributed by atoms with Gasteiger partial charge in [0.15, 0.2) is 5.43 Å². The second kappa shape index (κ2) is 4.13. The van der Waals surface area contributed by atoms with Crippen molar-refractivity contribution in [2.75, 3.05) is 14.2 Å². The lowest BCUT2D eigenvalue weighted by Gasteiger charge is -2.12. The molecule has 0 saturated heterocycles. The number of hydrogen-bond donors (Lipinski definition) is 0. The number of benzene rings is 1. The van der Waals surface area contributed by atoms with Gasteiger partial charge in [-0.15, -0.1) is 0 Å². The number of fused-ring (bicyclic) bond motifs is 1. The molecule has 0 radical (unpaired) electrons. The van der Waals surface area contributed by atoms with Gasteiger partial charge in [-0.05, 0) is 13.8 Å². The molecule has 0 N–H and O–H groups in total. The van der Waals surface area contributed by atoms with Crippen LogP contribution in [0.2, 0.25) is 0 Å². The maximum Gasteiger partial charge on any atom is 0.196 e. The molecule has 0 bridgehead atoms. The molecule has 0 aliphatic heterocycles. The molecule has 2 rings (SSSR count). The van der Waals surface area contributed by atoms with Gasteiger partial charge in [-0.25, -0.2) is 0 Å². The van der Waals surface area contributed by atoms with E-state index >= 15 is 0 Å². The monoisotopic (exact) mass is 234 g/mol. The second-order valence-corrected chi connectivity index (χ2v) is 3.83. The number of methoxy groups -OCH3 is 2. The van der Waals surface area contributed by atoms with E-state index in [9.17, 15) is 4.79 Å². The summed E-state index contributed by atoms with van der Waals surface area (Å²) in [5.41, 5.74) is 1.17. The predicted octanol–water partition coefficient (Wildman–Crippen LogP) is 2.43. The van der Waals surface area contributed by atoms with Crippen LogP contribution in [-0.4, -0.2) is 14.2 Å². The van der Waals surface area contributed by atoms with Crippen molar-refractivity contribution in [3.63, 3.8) is 0 Å². The van der Waals surface area contributed by atoms with Crippen molar-refractivity contribution in [1.82, 2.24) is 0 Å². The van der Waals surface area contributed by atoms with Crippen LogP contribution in [0.1, 0.15) is 11.3 Å². The van der Waals surface area contributed by atoms with E-state index in [4.69, 9.17) is 13.9 Å². The number of rotatable bonds is 2. The minimum absolute atomic E-state index is 0.105. The van der Waals surface area contributed by atoms with E-state index in [1.165, 1.54) is 13.2 Å². The molecule has 0 saturated carbocycles. The summed E-state index contributed by atoms with van der Waals surface area (Å²) >= 11 is 0. The average Bonchev–Trinajstić information content (AvgIpc) is 2.29. The van der Waals surface area contributed by atoms with Crippen molar-refractivity contribution >= 4 is 11.0 Å². The molecule has 4 heteroatoms. The van der Waals surface area contributed by atoms with Gasteiger partial charge in [0.2, 0.25) is 0 Å². The van der Waals surface area contributed by atoms with Gasteiger partial charge in [0, 0.05) is 17.7 Å². The predicted molar refractivity (Wildman–Crippen MR) is 65.1 cm³/mol. The average molecular weight is 234 g/mol. The van der Waals surface area contributed by atoms with Crippen molar-refractivity contribution in [3.8, 4) is 11.5 Å². The van der Waals surface area contributed by atoms with Gasteiger partial charge in [-0.1, -0.05) is 0 Å². The minimum Gasteiger partial charge on any atom is -0.496 e. The Balaban J connectivity index is 2.98. The van der Waals surface area contributed by atoms with E-state index in [0.717, 1.165) is 5.56 Å². The Bertz CT molecular complexity index is 625. The minimum atomic E-state index is -0.105. The van der Waals surface area contributed by atoms with E-state index in [-0.39, 0.29) is 5.43 Å². The molecule has 1 aromatic heterocycles. The topological polar surface area (TPSA) is 48.7 Å². The molecule has 0 aliphatic rings. The van der Waals surface area contributed by atoms with Crippen LogP contribution in [0.3, 0.4) is 0 Å². The van der Waals surface area contributed by atoms with E-state index in [1.807, 2.05) is 6.92 Å². The molecule has 90 valence electrons. The Morgan fingerprint density at radius 2 is 1.82 bits per heavy atom. The smallest absolute Gasteiger partial charge is 0.196 e. The van der Waals surface area contributed by atoms with Gasteiger partial charge >= 0.3 is 0 Å². The lowest BCUT2D eigenvalue weighted by Crippen LogP contribution is -2.04. The normalized spacial score (nSPS) is 10.6. The molecule has 0 amide bonds. The zero-order valence-electron chi connectivity index (χ0n) is 10.3. The van der Waals surface area contributed by atoms with Crippen molar-refractivity contribution in [2.24, 2.45) is 0 Å². The zero-order chi connectivity index (χ0) is 12.6. The maximum atomic E-state index is 12.0. The highest BCUT2D eigenvalue weighted by molar-refractivity contribution is 5.87. The summed E-state index contributed by atoms with van der Waals surface area (Å²) in [4.78, 5) is 12.0. The Labute approximate surface area is 98.8 Å². The molecule has 1 aromatic carbocycles. The van der Waals surface area contributed by atoms with Gasteiger partial charge in [0.05, 0.1) is 14.2 Å². The van der Waals surface area contributed by atoms with Crippen LogP contribution < -0.4 is 14.9 Å². The molecule has 2 aromatic rings. The van der Waals surface area contributed by atoms with Gasteiger partial charge in [0.1, 0.15) is 28.2 Å². The fourth-order valence-corrected chi connectivity index (χ4v) is 1.95. The van der Waals surface area contributed by atoms with Crippen LogP contribution in [-0.2, 0) is 0 Å². The van der Waals surface area contributed by atoms with Crippen molar-refractivity contribution in [2.45, 2.75) is 13.8 Å². The third-order valence-corrected chi connectivity index (χ3v) is 2.72. The SMILES string of the molecule is COc1cc2oc(C)cc(=O)c2c(OC)c1C. The Morgan fingerprint density at radius 1 is 1.12 bits per heavy atom. The van der Waals surface area contributed by atoms with Gasteiger partial charge < -0.3 is 13.9 Å². The third kappa shape index (κ3) is 1.75. The summed E-state index contributed by atoms with van der Waals surface area (Å²) in [6.45, 7) is 3.58. The molecule has 0 fully saturated rings. The fraction of sp³-hybridized carbons (Fsp3) is 0.308. The molecule has 1 heterocycles. The van der Waals surface area contributed by atoms with E-state index < -0.39 is 0 Å². The van der Waals surface area contributed by atoms with Crippen LogP contribution in [0.15, 0.2) is 21.3 Å². The Kier molecular flexibility index (Phi) is 2.79. The Hall–Kier alpha value is -1.97. The third-order valence-electron chi connectivity index (χ3n) is 2.72. The van der Waals surface area contributed by atoms with Crippen LogP contribution >= 0.6 is 0 Å². The first-order valence-electron chi connectivity index (χ1n) is 5.24. The summed E-state index contributed by atoms with van der Waals surface area (Å²) in [7, 11) is 3.10. The molecule has 0 atom stereocenters. The van der Waals surface area contributed by atoms with Gasteiger partial charge in [-0.2, -0.15) is 0 Å². The van der Waals surface area contributed by atoms with Gasteiger partial charge in [-0.3, -0.25) is 4.79 Å². The summed E-state index contributed by atoms with van der Waals surface area (Å²) < 4.78 is 16.0. The zero-order valence-corrected chi connectivity index (χ0v) is 10.3. The number of aryl methyl sites for hydroxylation is 1. The number of hydrogen-bond acceptors (Lipinski definition) is 4. The van der Waals surface area contributed by atoms with Crippen molar-refractivity contribution < 1.29 is 13.9 Å². The highest BCUT2D eigenvalue weighted by Crippen LogP contribution is 2.34. The summed E-state index contributed by atoms with van der Waals surface area (Å²) in [5.74, 6) is 1.71. The highest BCUT2D eigenvalue weighted by Gasteiger charge is 2.15. The second-order valence-electron chi connectivity index (χ2n) is 3.83. The first kappa shape index (κ1) is 11.5. The van der Waals surface area contributed by atoms with Crippen molar-refractivity contribution in [3.05, 3.63) is 33.7 Å². The standard InChI is InChI=1S/C13H14O4/c1-7-5-9(14)12-11(17-7)6-10(15-3)8(2)13(12)16-4/h5-6H,1-4H3. The quantitative estimate of drug-likeness (QED) is 0.800. The summed E-state index contributed by atoms with van der Waals surface area (Å²) in [6, 6.07) is 3.17. The highest BCUT2D eigenvalue weighted by atomic mass is 16.5. The molecule has 17 heavy (non-hydrogen) atoms. The van der Waals surface area contributed by atoms with Gasteiger partial charge in [0.25, 0.3) is 0 Å². The molecule has 0 aliphatic carbocycles. The van der Waals surface area contributed by atoms with Crippen molar-refractivity contribution in [1.29, 1.82) is 0 Å². The fourth-order valence-electron chi connectivity index (χ4n) is 1.95. The van der Waals surface area contributed by atoms with E-state index in [1.54, 1.807) is 20.1 Å².